The highest BCUT2D eigenvalue weighted by Crippen LogP contribution is 2.28. The standard InChI is InChI=1S/C15H28N2O3/c1-10(17(4)13-7-8-20-11(13)2)9-15(3,14(18)19)16-12-5-6-12/h10-13,16H,5-9H2,1-4H3,(H,18,19). The maximum atomic E-state index is 11.6. The number of nitrogens with zero attached hydrogens (tertiary/aromatic N) is 1. The van der Waals surface area contributed by atoms with E-state index in [-0.39, 0.29) is 12.1 Å². The lowest BCUT2D eigenvalue weighted by Crippen LogP contribution is -2.55. The molecule has 116 valence electrons. The predicted octanol–water partition coefficient (Wildman–Crippen LogP) is 1.47. The second kappa shape index (κ2) is 6.00. The van der Waals surface area contributed by atoms with Crippen LogP contribution < -0.4 is 5.32 Å². The van der Waals surface area contributed by atoms with E-state index in [0.29, 0.717) is 18.5 Å². The van der Waals surface area contributed by atoms with E-state index in [2.05, 4.69) is 31.1 Å². The Labute approximate surface area is 121 Å². The Morgan fingerprint density at radius 3 is 2.60 bits per heavy atom. The minimum atomic E-state index is -0.836. The summed E-state index contributed by atoms with van der Waals surface area (Å²) in [6.07, 6.45) is 4.07. The average Bonchev–Trinajstić information content (AvgIpc) is 3.07. The molecule has 5 nitrogen and oxygen atoms in total. The number of likely N-dealkylation sites (N-methyl/N-ethyl adjacent to an activating group) is 1. The van der Waals surface area contributed by atoms with Crippen molar-refractivity contribution in [1.82, 2.24) is 10.2 Å². The van der Waals surface area contributed by atoms with Gasteiger partial charge >= 0.3 is 5.97 Å². The van der Waals surface area contributed by atoms with Gasteiger partial charge < -0.3 is 9.84 Å². The largest absolute Gasteiger partial charge is 0.480 e. The van der Waals surface area contributed by atoms with Crippen molar-refractivity contribution < 1.29 is 14.6 Å². The number of nitrogens with one attached hydrogen (secondary N) is 1. The fourth-order valence-corrected chi connectivity index (χ4v) is 3.20. The number of ether oxygens (including phenoxy) is 1. The first-order chi connectivity index (χ1) is 9.33. The molecule has 5 heteroatoms. The summed E-state index contributed by atoms with van der Waals surface area (Å²) in [5.74, 6) is -0.750. The topological polar surface area (TPSA) is 61.8 Å². The van der Waals surface area contributed by atoms with Gasteiger partial charge in [-0.25, -0.2) is 0 Å². The van der Waals surface area contributed by atoms with Gasteiger partial charge in [-0.15, -0.1) is 0 Å². The smallest absolute Gasteiger partial charge is 0.323 e. The molecule has 0 bridgehead atoms. The predicted molar refractivity (Wildman–Crippen MR) is 77.9 cm³/mol. The number of carboxylic acid groups (broad SMARTS) is 1. The Kier molecular flexibility index (Phi) is 4.72. The van der Waals surface area contributed by atoms with Crippen LogP contribution in [0, 0.1) is 0 Å². The van der Waals surface area contributed by atoms with Gasteiger partial charge in [-0.3, -0.25) is 15.0 Å². The minimum Gasteiger partial charge on any atom is -0.480 e. The molecule has 2 fully saturated rings. The van der Waals surface area contributed by atoms with Crippen molar-refractivity contribution in [3.05, 3.63) is 0 Å². The molecule has 0 aromatic heterocycles. The zero-order chi connectivity index (χ0) is 14.9. The number of carboxylic acids is 1. The Hall–Kier alpha value is -0.650. The van der Waals surface area contributed by atoms with Gasteiger partial charge in [-0.1, -0.05) is 0 Å². The summed E-state index contributed by atoms with van der Waals surface area (Å²) in [4.78, 5) is 13.9. The molecule has 0 aromatic carbocycles. The van der Waals surface area contributed by atoms with Crippen LogP contribution in [-0.4, -0.2) is 59.4 Å². The molecule has 2 rings (SSSR count). The molecule has 0 aromatic rings. The molecule has 1 saturated heterocycles. The monoisotopic (exact) mass is 284 g/mol. The van der Waals surface area contributed by atoms with Gasteiger partial charge in [-0.05, 0) is 53.5 Å². The van der Waals surface area contributed by atoms with E-state index in [9.17, 15) is 9.90 Å². The molecule has 1 aliphatic carbocycles. The summed E-state index contributed by atoms with van der Waals surface area (Å²) < 4.78 is 5.62. The van der Waals surface area contributed by atoms with Crippen molar-refractivity contribution in [3.8, 4) is 0 Å². The molecule has 1 saturated carbocycles. The first kappa shape index (κ1) is 15.7. The van der Waals surface area contributed by atoms with E-state index in [0.717, 1.165) is 25.9 Å². The van der Waals surface area contributed by atoms with E-state index >= 15 is 0 Å². The van der Waals surface area contributed by atoms with Crippen molar-refractivity contribution in [2.45, 2.75) is 76.2 Å². The van der Waals surface area contributed by atoms with Gasteiger partial charge in [0.15, 0.2) is 0 Å². The Morgan fingerprint density at radius 1 is 1.50 bits per heavy atom. The van der Waals surface area contributed by atoms with Crippen molar-refractivity contribution in [1.29, 1.82) is 0 Å². The van der Waals surface area contributed by atoms with Crippen LogP contribution >= 0.6 is 0 Å². The number of rotatable bonds is 7. The molecule has 20 heavy (non-hydrogen) atoms. The lowest BCUT2D eigenvalue weighted by atomic mass is 9.91. The molecular weight excluding hydrogens is 256 g/mol. The average molecular weight is 284 g/mol. The Morgan fingerprint density at radius 2 is 2.15 bits per heavy atom. The first-order valence-electron chi connectivity index (χ1n) is 7.68. The molecule has 4 atom stereocenters. The van der Waals surface area contributed by atoms with Crippen LogP contribution in [0.2, 0.25) is 0 Å². The van der Waals surface area contributed by atoms with E-state index in [1.54, 1.807) is 0 Å². The summed E-state index contributed by atoms with van der Waals surface area (Å²) >= 11 is 0. The van der Waals surface area contributed by atoms with Crippen LogP contribution in [0.4, 0.5) is 0 Å². The van der Waals surface area contributed by atoms with Crippen molar-refractivity contribution in [3.63, 3.8) is 0 Å². The SMILES string of the molecule is CC1OCCC1N(C)C(C)CC(C)(NC1CC1)C(=O)O. The molecule has 0 spiro atoms. The fourth-order valence-electron chi connectivity index (χ4n) is 3.20. The number of hydrogen-bond acceptors (Lipinski definition) is 4. The van der Waals surface area contributed by atoms with E-state index in [1.807, 2.05) is 6.92 Å². The zero-order valence-electron chi connectivity index (χ0n) is 13.1. The molecule has 1 aliphatic heterocycles. The maximum absolute atomic E-state index is 11.6. The van der Waals surface area contributed by atoms with E-state index in [1.165, 1.54) is 0 Å². The van der Waals surface area contributed by atoms with Gasteiger partial charge in [0.05, 0.1) is 6.10 Å². The quantitative estimate of drug-likeness (QED) is 0.741. The summed E-state index contributed by atoms with van der Waals surface area (Å²) in [6.45, 7) is 6.83. The number of carbonyl (C=O) groups is 1. The number of hydrogen-bond donors (Lipinski definition) is 2. The lowest BCUT2D eigenvalue weighted by molar-refractivity contribution is -0.145. The highest BCUT2D eigenvalue weighted by atomic mass is 16.5. The molecule has 0 amide bonds. The molecule has 0 radical (unpaired) electrons. The Bertz CT molecular complexity index is 359. The minimum absolute atomic E-state index is 0.205. The normalized spacial score (nSPS) is 31.2. The third kappa shape index (κ3) is 3.51. The molecule has 2 N–H and O–H groups in total. The fraction of sp³-hybridized carbons (Fsp3) is 0.933. The van der Waals surface area contributed by atoms with Gasteiger partial charge in [-0.2, -0.15) is 0 Å². The van der Waals surface area contributed by atoms with Crippen molar-refractivity contribution >= 4 is 5.97 Å². The van der Waals surface area contributed by atoms with Gasteiger partial charge in [0, 0.05) is 24.7 Å². The van der Waals surface area contributed by atoms with Gasteiger partial charge in [0.2, 0.25) is 0 Å². The van der Waals surface area contributed by atoms with Crippen molar-refractivity contribution in [2.75, 3.05) is 13.7 Å². The summed E-state index contributed by atoms with van der Waals surface area (Å²) in [5, 5.41) is 12.8. The third-order valence-electron chi connectivity index (χ3n) is 4.83. The van der Waals surface area contributed by atoms with E-state index in [4.69, 9.17) is 4.74 Å². The van der Waals surface area contributed by atoms with Crippen LogP contribution in [0.25, 0.3) is 0 Å². The third-order valence-corrected chi connectivity index (χ3v) is 4.83. The van der Waals surface area contributed by atoms with Crippen LogP contribution in [0.5, 0.6) is 0 Å². The second-order valence-corrected chi connectivity index (χ2v) is 6.71. The highest BCUT2D eigenvalue weighted by molar-refractivity contribution is 5.78. The molecule has 1 heterocycles. The maximum Gasteiger partial charge on any atom is 0.323 e. The molecule has 4 unspecified atom stereocenters. The molecular formula is C15H28N2O3. The summed E-state index contributed by atoms with van der Waals surface area (Å²) in [7, 11) is 2.08. The highest BCUT2D eigenvalue weighted by Gasteiger charge is 2.41. The number of aliphatic carboxylic acids is 1. The first-order valence-corrected chi connectivity index (χ1v) is 7.68. The van der Waals surface area contributed by atoms with Crippen LogP contribution in [0.1, 0.15) is 46.5 Å². The van der Waals surface area contributed by atoms with E-state index < -0.39 is 11.5 Å². The second-order valence-electron chi connectivity index (χ2n) is 6.71. The van der Waals surface area contributed by atoms with Gasteiger partial charge in [0.25, 0.3) is 0 Å². The Balaban J connectivity index is 1.96. The van der Waals surface area contributed by atoms with Crippen molar-refractivity contribution in [2.24, 2.45) is 0 Å². The van der Waals surface area contributed by atoms with Crippen LogP contribution in [-0.2, 0) is 9.53 Å². The van der Waals surface area contributed by atoms with Crippen LogP contribution in [0.15, 0.2) is 0 Å². The molecule has 2 aliphatic rings. The zero-order valence-corrected chi connectivity index (χ0v) is 13.1. The van der Waals surface area contributed by atoms with Crippen LogP contribution in [0.3, 0.4) is 0 Å². The summed E-state index contributed by atoms with van der Waals surface area (Å²) in [6, 6.07) is 0.989. The lowest BCUT2D eigenvalue weighted by Gasteiger charge is -2.37. The van der Waals surface area contributed by atoms with Gasteiger partial charge in [0.1, 0.15) is 5.54 Å². The summed E-state index contributed by atoms with van der Waals surface area (Å²) in [5.41, 5.74) is -0.836.